The molecule has 12 aromatic rings. The van der Waals surface area contributed by atoms with Crippen molar-refractivity contribution in [2.75, 3.05) is 0 Å². The van der Waals surface area contributed by atoms with Gasteiger partial charge >= 0.3 is 0 Å². The van der Waals surface area contributed by atoms with Crippen LogP contribution in [0.4, 0.5) is 0 Å². The monoisotopic (exact) mass is 634 g/mol. The Labute approximate surface area is 285 Å². The summed E-state index contributed by atoms with van der Waals surface area (Å²) in [5.41, 5.74) is 7.96. The summed E-state index contributed by atoms with van der Waals surface area (Å²) in [4.78, 5) is 10.7. The number of nitrogens with zero attached hydrogens (tertiary/aromatic N) is 4. The Kier molecular flexibility index (Phi) is 4.94. The van der Waals surface area contributed by atoms with Crippen molar-refractivity contribution >= 4 is 92.3 Å². The van der Waals surface area contributed by atoms with Gasteiger partial charge in [-0.15, -0.1) is 0 Å². The molecule has 0 aliphatic heterocycles. The lowest BCUT2D eigenvalue weighted by Crippen LogP contribution is -2.03. The van der Waals surface area contributed by atoms with Gasteiger partial charge in [0.15, 0.2) is 5.82 Å². The predicted molar refractivity (Wildman–Crippen MR) is 209 cm³/mol. The van der Waals surface area contributed by atoms with Gasteiger partial charge in [-0.25, -0.2) is 9.97 Å². The summed E-state index contributed by atoms with van der Waals surface area (Å²) in [5.74, 6) is 1.61. The van der Waals surface area contributed by atoms with Gasteiger partial charge in [0.05, 0.1) is 33.1 Å². The Hall–Kier alpha value is -6.78. The number of aromatic nitrogens is 4. The van der Waals surface area contributed by atoms with Gasteiger partial charge in [-0.3, -0.25) is 4.57 Å². The van der Waals surface area contributed by atoms with Crippen molar-refractivity contribution in [2.24, 2.45) is 0 Å². The summed E-state index contributed by atoms with van der Waals surface area (Å²) >= 11 is 0. The largest absolute Gasteiger partial charge is 0.308 e. The fraction of sp³-hybridized carbons (Fsp3) is 0. The van der Waals surface area contributed by atoms with Gasteiger partial charge in [0.1, 0.15) is 5.82 Å². The maximum absolute atomic E-state index is 5.50. The van der Waals surface area contributed by atoms with Crippen molar-refractivity contribution in [1.29, 1.82) is 0 Å². The number of hydrogen-bond acceptors (Lipinski definition) is 2. The van der Waals surface area contributed by atoms with E-state index in [9.17, 15) is 0 Å². The summed E-state index contributed by atoms with van der Waals surface area (Å²) < 4.78 is 4.89. The summed E-state index contributed by atoms with van der Waals surface area (Å²) in [6, 6.07) is 56.8. The van der Waals surface area contributed by atoms with Crippen molar-refractivity contribution < 1.29 is 0 Å². The quantitative estimate of drug-likeness (QED) is 0.190. The van der Waals surface area contributed by atoms with Crippen LogP contribution in [0.1, 0.15) is 0 Å². The average molecular weight is 635 g/mol. The Balaban J connectivity index is 1.33. The van der Waals surface area contributed by atoms with E-state index in [1.54, 1.807) is 0 Å². The zero-order chi connectivity index (χ0) is 32.5. The molecule has 0 N–H and O–H groups in total. The molecule has 0 aliphatic rings. The molecule has 0 amide bonds. The first kappa shape index (κ1) is 26.2. The maximum Gasteiger partial charge on any atom is 0.162 e. The SMILES string of the molecule is c1ccc2c(-c3nc(-n4c5ccccc5c5c6c7c8ccccc8ccc7n7c8ccccc8c(cc54)c67)c4ccccc4n3)cccc2c1. The average Bonchev–Trinajstić information content (AvgIpc) is 3.82. The van der Waals surface area contributed by atoms with Crippen LogP contribution in [-0.4, -0.2) is 18.9 Å². The smallest absolute Gasteiger partial charge is 0.162 e. The van der Waals surface area contributed by atoms with Crippen LogP contribution in [0, 0.1) is 0 Å². The first-order chi connectivity index (χ1) is 24.8. The lowest BCUT2D eigenvalue weighted by atomic mass is 9.98. The van der Waals surface area contributed by atoms with Crippen molar-refractivity contribution in [2.45, 2.75) is 0 Å². The normalized spacial score (nSPS) is 12.4. The zero-order valence-corrected chi connectivity index (χ0v) is 26.8. The van der Waals surface area contributed by atoms with E-state index in [1.165, 1.54) is 65.0 Å². The lowest BCUT2D eigenvalue weighted by Gasteiger charge is -2.13. The van der Waals surface area contributed by atoms with Crippen LogP contribution in [0.2, 0.25) is 0 Å². The molecular formula is C46H26N4. The molecule has 4 heteroatoms. The van der Waals surface area contributed by atoms with E-state index < -0.39 is 0 Å². The molecule has 0 fully saturated rings. The standard InChI is InChI=1S/C46H26N4/c1-3-15-29-27(12-1)14-11-20-32(29)45-47-36-21-8-5-18-33(36)46(48-45)50-38-23-10-7-19-34(38)42-40(50)26-35-31-17-6-9-22-37(31)49-39-25-24-28-13-2-4-16-30(28)41(39)43(42)44(35)49/h1-26H. The molecular weight excluding hydrogens is 609 g/mol. The first-order valence-corrected chi connectivity index (χ1v) is 17.1. The van der Waals surface area contributed by atoms with E-state index in [4.69, 9.17) is 9.97 Å². The van der Waals surface area contributed by atoms with Gasteiger partial charge in [0.25, 0.3) is 0 Å². The Bertz CT molecular complexity index is 3380. The molecule has 0 bridgehead atoms. The molecule has 0 unspecified atom stereocenters. The molecule has 0 radical (unpaired) electrons. The highest BCUT2D eigenvalue weighted by Gasteiger charge is 2.26. The predicted octanol–water partition coefficient (Wildman–Crippen LogP) is 11.9. The highest BCUT2D eigenvalue weighted by molar-refractivity contribution is 6.39. The van der Waals surface area contributed by atoms with Crippen molar-refractivity contribution in [1.82, 2.24) is 18.9 Å². The molecule has 4 nitrogen and oxygen atoms in total. The van der Waals surface area contributed by atoms with Gasteiger partial charge < -0.3 is 4.40 Å². The van der Waals surface area contributed by atoms with Crippen LogP contribution in [0.15, 0.2) is 158 Å². The number of rotatable bonds is 2. The minimum Gasteiger partial charge on any atom is -0.308 e. The molecule has 230 valence electrons. The molecule has 12 rings (SSSR count). The van der Waals surface area contributed by atoms with Gasteiger partial charge in [-0.2, -0.15) is 0 Å². The highest BCUT2D eigenvalue weighted by Crippen LogP contribution is 2.48. The van der Waals surface area contributed by atoms with Crippen LogP contribution < -0.4 is 0 Å². The fourth-order valence-electron chi connectivity index (χ4n) is 8.77. The third-order valence-corrected chi connectivity index (χ3v) is 10.8. The number of benzene rings is 8. The van der Waals surface area contributed by atoms with Gasteiger partial charge in [0, 0.05) is 43.3 Å². The third-order valence-electron chi connectivity index (χ3n) is 10.8. The Morgan fingerprint density at radius 3 is 1.88 bits per heavy atom. The van der Waals surface area contributed by atoms with Crippen LogP contribution in [-0.2, 0) is 0 Å². The summed E-state index contributed by atoms with van der Waals surface area (Å²) in [5, 5.41) is 13.4. The van der Waals surface area contributed by atoms with Crippen LogP contribution >= 0.6 is 0 Å². The van der Waals surface area contributed by atoms with Gasteiger partial charge in [-0.1, -0.05) is 121 Å². The molecule has 4 heterocycles. The molecule has 4 aromatic heterocycles. The van der Waals surface area contributed by atoms with Crippen molar-refractivity contribution in [3.8, 4) is 17.2 Å². The molecule has 0 aliphatic carbocycles. The van der Waals surface area contributed by atoms with Crippen molar-refractivity contribution in [3.05, 3.63) is 158 Å². The second kappa shape index (κ2) is 9.43. The van der Waals surface area contributed by atoms with E-state index in [0.29, 0.717) is 0 Å². The van der Waals surface area contributed by atoms with Gasteiger partial charge in [-0.05, 0) is 57.9 Å². The van der Waals surface area contributed by atoms with E-state index >= 15 is 0 Å². The summed E-state index contributed by atoms with van der Waals surface area (Å²) in [6.45, 7) is 0. The molecule has 0 saturated carbocycles. The van der Waals surface area contributed by atoms with E-state index in [1.807, 2.05) is 0 Å². The van der Waals surface area contributed by atoms with Gasteiger partial charge in [0.2, 0.25) is 0 Å². The van der Waals surface area contributed by atoms with Crippen LogP contribution in [0.3, 0.4) is 0 Å². The first-order valence-electron chi connectivity index (χ1n) is 17.1. The van der Waals surface area contributed by atoms with Crippen LogP contribution in [0.25, 0.3) is 110 Å². The molecule has 0 atom stereocenters. The Morgan fingerprint density at radius 1 is 0.380 bits per heavy atom. The van der Waals surface area contributed by atoms with E-state index in [0.717, 1.165) is 44.5 Å². The summed E-state index contributed by atoms with van der Waals surface area (Å²) in [7, 11) is 0. The topological polar surface area (TPSA) is 35.1 Å². The van der Waals surface area contributed by atoms with Crippen LogP contribution in [0.5, 0.6) is 0 Å². The Morgan fingerprint density at radius 2 is 1.02 bits per heavy atom. The number of hydrogen-bond donors (Lipinski definition) is 0. The molecule has 50 heavy (non-hydrogen) atoms. The lowest BCUT2D eigenvalue weighted by molar-refractivity contribution is 1.08. The third kappa shape index (κ3) is 3.25. The fourth-order valence-corrected chi connectivity index (χ4v) is 8.77. The number of fused-ring (bicyclic) bond motifs is 14. The molecule has 0 spiro atoms. The highest BCUT2D eigenvalue weighted by atomic mass is 15.1. The van der Waals surface area contributed by atoms with Crippen molar-refractivity contribution in [3.63, 3.8) is 0 Å². The maximum atomic E-state index is 5.50. The van der Waals surface area contributed by atoms with E-state index in [2.05, 4.69) is 167 Å². The summed E-state index contributed by atoms with van der Waals surface area (Å²) in [6.07, 6.45) is 0. The zero-order valence-electron chi connectivity index (χ0n) is 26.8. The van der Waals surface area contributed by atoms with E-state index in [-0.39, 0.29) is 0 Å². The number of para-hydroxylation sites is 3. The molecule has 8 aromatic carbocycles. The molecule has 0 saturated heterocycles. The minimum absolute atomic E-state index is 0.722. The second-order valence-corrected chi connectivity index (χ2v) is 13.3. The minimum atomic E-state index is 0.722. The second-order valence-electron chi connectivity index (χ2n) is 13.3.